The van der Waals surface area contributed by atoms with Crippen molar-refractivity contribution in [2.45, 2.75) is 31.8 Å². The highest BCUT2D eigenvalue weighted by molar-refractivity contribution is 7.88. The summed E-state index contributed by atoms with van der Waals surface area (Å²) in [5, 5.41) is 3.09. The number of alkyl halides is 3. The molecule has 0 aliphatic rings. The maximum absolute atomic E-state index is 13.2. The Labute approximate surface area is 166 Å². The molecule has 2 unspecified atom stereocenters. The molecule has 0 saturated heterocycles. The quantitative estimate of drug-likeness (QED) is 0.592. The first-order valence-corrected chi connectivity index (χ1v) is 10.4. The Hall–Kier alpha value is -2.24. The van der Waals surface area contributed by atoms with Crippen molar-refractivity contribution in [1.29, 1.82) is 0 Å². The van der Waals surface area contributed by atoms with Gasteiger partial charge in [0.2, 0.25) is 15.9 Å². The lowest BCUT2D eigenvalue weighted by Crippen LogP contribution is -2.37. The first-order chi connectivity index (χ1) is 13.4. The fourth-order valence-corrected chi connectivity index (χ4v) is 3.16. The van der Waals surface area contributed by atoms with Crippen LogP contribution >= 0.6 is 0 Å². The molecule has 0 fully saturated rings. The van der Waals surface area contributed by atoms with Gasteiger partial charge in [-0.25, -0.2) is 17.8 Å². The van der Waals surface area contributed by atoms with Gasteiger partial charge in [0.15, 0.2) is 0 Å². The number of halogens is 4. The minimum atomic E-state index is -4.76. The molecule has 2 rings (SSSR count). The summed E-state index contributed by atoms with van der Waals surface area (Å²) in [5.74, 6) is -0.187. The van der Waals surface area contributed by atoms with Crippen molar-refractivity contribution >= 4 is 10.0 Å². The molecule has 0 saturated carbocycles. The summed E-state index contributed by atoms with van der Waals surface area (Å²) in [4.78, 5) is 3.79. The third-order valence-corrected chi connectivity index (χ3v) is 4.42. The van der Waals surface area contributed by atoms with Gasteiger partial charge in [0.25, 0.3) is 0 Å². The van der Waals surface area contributed by atoms with Gasteiger partial charge in [-0.15, -0.1) is 0 Å². The lowest BCUT2D eigenvalue weighted by Gasteiger charge is -2.21. The van der Waals surface area contributed by atoms with Crippen LogP contribution < -0.4 is 14.8 Å². The molecule has 1 aromatic heterocycles. The highest BCUT2D eigenvalue weighted by atomic mass is 32.2. The Morgan fingerprint density at radius 1 is 1.14 bits per heavy atom. The topological polar surface area (TPSA) is 80.3 Å². The maximum atomic E-state index is 13.2. The second-order valence-electron chi connectivity index (χ2n) is 6.48. The van der Waals surface area contributed by atoms with Crippen LogP contribution in [0.3, 0.4) is 0 Å². The molecule has 11 heteroatoms. The number of hydrogen-bond acceptors (Lipinski definition) is 5. The smallest absolute Gasteiger partial charge is 0.408 e. The molecule has 1 heterocycles. The van der Waals surface area contributed by atoms with E-state index in [0.717, 1.165) is 6.20 Å². The van der Waals surface area contributed by atoms with Gasteiger partial charge in [0, 0.05) is 19.2 Å². The number of nitrogens with zero attached hydrogens (tertiary/aromatic N) is 1. The summed E-state index contributed by atoms with van der Waals surface area (Å²) >= 11 is 0. The Balaban J connectivity index is 1.90. The third kappa shape index (κ3) is 7.95. The molecule has 1 aromatic carbocycles. The SMILES string of the molecule is CC(CNCc1ccc(C(NS(C)(=O)=O)C(F)(F)F)cc1)Oc1ccc(F)cn1. The van der Waals surface area contributed by atoms with E-state index >= 15 is 0 Å². The highest BCUT2D eigenvalue weighted by Crippen LogP contribution is 2.33. The van der Waals surface area contributed by atoms with Gasteiger partial charge in [-0.3, -0.25) is 0 Å². The molecular formula is C18H21F4N3O3S. The summed E-state index contributed by atoms with van der Waals surface area (Å²) in [7, 11) is -4.04. The van der Waals surface area contributed by atoms with Crippen molar-refractivity contribution in [3.05, 3.63) is 59.5 Å². The molecule has 0 radical (unpaired) electrons. The molecule has 0 amide bonds. The number of ether oxygens (including phenoxy) is 1. The van der Waals surface area contributed by atoms with Crippen LogP contribution in [0, 0.1) is 5.82 Å². The average molecular weight is 435 g/mol. The fourth-order valence-electron chi connectivity index (χ4n) is 2.47. The number of benzene rings is 1. The van der Waals surface area contributed by atoms with Crippen molar-refractivity contribution in [1.82, 2.24) is 15.0 Å². The number of hydrogen-bond donors (Lipinski definition) is 2. The summed E-state index contributed by atoms with van der Waals surface area (Å²) in [6.07, 6.45) is -3.32. The van der Waals surface area contributed by atoms with Crippen molar-refractivity contribution in [3.8, 4) is 5.88 Å². The van der Waals surface area contributed by atoms with Crippen LogP contribution in [-0.2, 0) is 16.6 Å². The largest absolute Gasteiger partial charge is 0.473 e. The predicted molar refractivity (Wildman–Crippen MR) is 99.2 cm³/mol. The third-order valence-electron chi connectivity index (χ3n) is 3.76. The first-order valence-electron chi connectivity index (χ1n) is 8.56. The number of rotatable bonds is 9. The van der Waals surface area contributed by atoms with E-state index in [1.54, 1.807) is 11.6 Å². The minimum Gasteiger partial charge on any atom is -0.473 e. The van der Waals surface area contributed by atoms with Gasteiger partial charge >= 0.3 is 6.18 Å². The van der Waals surface area contributed by atoms with Gasteiger partial charge in [-0.2, -0.15) is 17.9 Å². The van der Waals surface area contributed by atoms with Gasteiger partial charge in [-0.1, -0.05) is 24.3 Å². The lowest BCUT2D eigenvalue weighted by atomic mass is 10.1. The zero-order valence-electron chi connectivity index (χ0n) is 15.7. The van der Waals surface area contributed by atoms with Crippen LogP contribution in [0.4, 0.5) is 17.6 Å². The molecule has 0 bridgehead atoms. The highest BCUT2D eigenvalue weighted by Gasteiger charge is 2.42. The molecule has 29 heavy (non-hydrogen) atoms. The second kappa shape index (κ2) is 9.51. The minimum absolute atomic E-state index is 0.203. The lowest BCUT2D eigenvalue weighted by molar-refractivity contribution is -0.153. The van der Waals surface area contributed by atoms with Crippen LogP contribution in [0.5, 0.6) is 5.88 Å². The normalized spacial score (nSPS) is 14.4. The molecular weight excluding hydrogens is 414 g/mol. The number of aromatic nitrogens is 1. The zero-order valence-corrected chi connectivity index (χ0v) is 16.5. The molecule has 2 aromatic rings. The summed E-state index contributed by atoms with van der Waals surface area (Å²) in [6.45, 7) is 2.56. The van der Waals surface area contributed by atoms with E-state index in [-0.39, 0.29) is 17.5 Å². The van der Waals surface area contributed by atoms with Crippen LogP contribution in [0.1, 0.15) is 24.1 Å². The Bertz CT molecular complexity index is 888. The van der Waals surface area contributed by atoms with E-state index in [1.165, 1.54) is 36.4 Å². The summed E-state index contributed by atoms with van der Waals surface area (Å²) < 4.78 is 81.8. The van der Waals surface area contributed by atoms with Crippen molar-refractivity contribution < 1.29 is 30.7 Å². The standard InChI is InChI=1S/C18H21F4N3O3S/c1-12(28-16-8-7-15(19)11-24-16)9-23-10-13-3-5-14(6-4-13)17(18(20,21)22)25-29(2,26)27/h3-8,11-12,17,23,25H,9-10H2,1-2H3. The zero-order chi connectivity index (χ0) is 21.7. The van der Waals surface area contributed by atoms with E-state index < -0.39 is 28.1 Å². The Morgan fingerprint density at radius 2 is 1.79 bits per heavy atom. The monoisotopic (exact) mass is 435 g/mol. The fraction of sp³-hybridized carbons (Fsp3) is 0.389. The van der Waals surface area contributed by atoms with Crippen molar-refractivity contribution in [3.63, 3.8) is 0 Å². The Kier molecular flexibility index (Phi) is 7.55. The molecule has 2 atom stereocenters. The Morgan fingerprint density at radius 3 is 2.31 bits per heavy atom. The van der Waals surface area contributed by atoms with Gasteiger partial charge in [0.1, 0.15) is 18.0 Å². The second-order valence-corrected chi connectivity index (χ2v) is 8.26. The molecule has 2 N–H and O–H groups in total. The van der Waals surface area contributed by atoms with Crippen LogP contribution in [0.2, 0.25) is 0 Å². The van der Waals surface area contributed by atoms with Gasteiger partial charge in [-0.05, 0) is 24.1 Å². The molecule has 0 aliphatic carbocycles. The van der Waals surface area contributed by atoms with Crippen LogP contribution in [0.25, 0.3) is 0 Å². The van der Waals surface area contributed by atoms with E-state index in [0.29, 0.717) is 24.9 Å². The first kappa shape index (κ1) is 23.0. The number of nitrogens with one attached hydrogen (secondary N) is 2. The van der Waals surface area contributed by atoms with E-state index in [1.807, 2.05) is 0 Å². The van der Waals surface area contributed by atoms with E-state index in [2.05, 4.69) is 10.3 Å². The van der Waals surface area contributed by atoms with Crippen LogP contribution in [-0.4, -0.2) is 38.5 Å². The predicted octanol–water partition coefficient (Wildman–Crippen LogP) is 2.93. The average Bonchev–Trinajstić information content (AvgIpc) is 2.61. The number of sulfonamides is 1. The van der Waals surface area contributed by atoms with Gasteiger partial charge in [0.05, 0.1) is 12.5 Å². The summed E-state index contributed by atoms with van der Waals surface area (Å²) in [6, 6.07) is 5.76. The molecule has 0 aliphatic heterocycles. The van der Waals surface area contributed by atoms with Crippen LogP contribution in [0.15, 0.2) is 42.6 Å². The van der Waals surface area contributed by atoms with E-state index in [4.69, 9.17) is 4.74 Å². The van der Waals surface area contributed by atoms with E-state index in [9.17, 15) is 26.0 Å². The molecule has 6 nitrogen and oxygen atoms in total. The number of pyridine rings is 1. The van der Waals surface area contributed by atoms with Crippen molar-refractivity contribution in [2.75, 3.05) is 12.8 Å². The van der Waals surface area contributed by atoms with Crippen molar-refractivity contribution in [2.24, 2.45) is 0 Å². The molecule has 160 valence electrons. The maximum Gasteiger partial charge on any atom is 0.408 e. The summed E-state index contributed by atoms with van der Waals surface area (Å²) in [5.41, 5.74) is 0.506. The molecule has 0 spiro atoms. The van der Waals surface area contributed by atoms with Gasteiger partial charge < -0.3 is 10.1 Å².